The number of hydrogen-bond donors (Lipinski definition) is 0. The average Bonchev–Trinajstić information content (AvgIpc) is 2.79. The standard InChI is InChI=1S/C30H48/c1-3-5-6-8-26-11-15-28(16-12-26)18-20-30-23-21-29(22-24-30)19-17-27-13-9-25(7-4-2)10-14-27/h11-12,15-16,23,25,27,29H,3-10,13-14,17-22,24H2,1-2H3/t25-,27-,29?. The van der Waals surface area contributed by atoms with Crippen LogP contribution in [0.3, 0.4) is 0 Å². The lowest BCUT2D eigenvalue weighted by molar-refractivity contribution is 0.236. The molecule has 0 heterocycles. The molecule has 1 unspecified atom stereocenters. The Balaban J connectivity index is 1.30. The van der Waals surface area contributed by atoms with Crippen LogP contribution in [0.15, 0.2) is 35.9 Å². The van der Waals surface area contributed by atoms with Gasteiger partial charge < -0.3 is 0 Å². The minimum Gasteiger partial charge on any atom is -0.0850 e. The van der Waals surface area contributed by atoms with Gasteiger partial charge in [-0.2, -0.15) is 0 Å². The zero-order valence-electron chi connectivity index (χ0n) is 20.1. The van der Waals surface area contributed by atoms with E-state index in [1.54, 1.807) is 5.57 Å². The monoisotopic (exact) mass is 408 g/mol. The Morgan fingerprint density at radius 3 is 1.87 bits per heavy atom. The zero-order valence-corrected chi connectivity index (χ0v) is 20.1. The van der Waals surface area contributed by atoms with Crippen LogP contribution in [0.5, 0.6) is 0 Å². The zero-order chi connectivity index (χ0) is 21.0. The van der Waals surface area contributed by atoms with Gasteiger partial charge in [-0.05, 0) is 80.2 Å². The van der Waals surface area contributed by atoms with Crippen LogP contribution in [0.4, 0.5) is 0 Å². The molecule has 0 nitrogen and oxygen atoms in total. The van der Waals surface area contributed by atoms with Gasteiger partial charge in [0.05, 0.1) is 0 Å². The third-order valence-corrected chi connectivity index (χ3v) is 8.09. The van der Waals surface area contributed by atoms with Gasteiger partial charge >= 0.3 is 0 Å². The lowest BCUT2D eigenvalue weighted by Gasteiger charge is -2.30. The third-order valence-electron chi connectivity index (χ3n) is 8.09. The van der Waals surface area contributed by atoms with E-state index in [1.165, 1.54) is 120 Å². The molecule has 1 atom stereocenters. The van der Waals surface area contributed by atoms with Crippen molar-refractivity contribution in [1.82, 2.24) is 0 Å². The normalized spacial score (nSPS) is 24.6. The molecule has 0 saturated heterocycles. The molecular formula is C30H48. The van der Waals surface area contributed by atoms with Gasteiger partial charge in [0.15, 0.2) is 0 Å². The molecular weight excluding hydrogens is 360 g/mol. The maximum Gasteiger partial charge on any atom is -0.0241 e. The molecule has 0 spiro atoms. The summed E-state index contributed by atoms with van der Waals surface area (Å²) in [6.07, 6.45) is 26.5. The smallest absolute Gasteiger partial charge is 0.0241 e. The van der Waals surface area contributed by atoms with E-state index in [-0.39, 0.29) is 0 Å². The maximum atomic E-state index is 2.62. The first kappa shape index (κ1) is 23.6. The van der Waals surface area contributed by atoms with E-state index in [0.717, 1.165) is 17.8 Å². The van der Waals surface area contributed by atoms with Crippen molar-refractivity contribution in [3.8, 4) is 0 Å². The van der Waals surface area contributed by atoms with Gasteiger partial charge in [0.2, 0.25) is 0 Å². The van der Waals surface area contributed by atoms with Crippen LogP contribution >= 0.6 is 0 Å². The highest BCUT2D eigenvalue weighted by atomic mass is 14.3. The summed E-state index contributed by atoms with van der Waals surface area (Å²) in [7, 11) is 0. The molecule has 168 valence electrons. The fraction of sp³-hybridized carbons (Fsp3) is 0.733. The quantitative estimate of drug-likeness (QED) is 0.238. The Morgan fingerprint density at radius 1 is 0.633 bits per heavy atom. The fourth-order valence-electron chi connectivity index (χ4n) is 5.88. The minimum atomic E-state index is 0.976. The Hall–Kier alpha value is -1.04. The Morgan fingerprint density at radius 2 is 1.27 bits per heavy atom. The largest absolute Gasteiger partial charge is 0.0850 e. The van der Waals surface area contributed by atoms with Crippen molar-refractivity contribution < 1.29 is 0 Å². The Bertz CT molecular complexity index is 599. The van der Waals surface area contributed by atoms with Crippen molar-refractivity contribution in [2.45, 2.75) is 123 Å². The van der Waals surface area contributed by atoms with Gasteiger partial charge in [0.1, 0.15) is 0 Å². The van der Waals surface area contributed by atoms with E-state index >= 15 is 0 Å². The molecule has 30 heavy (non-hydrogen) atoms. The molecule has 0 heteroatoms. The van der Waals surface area contributed by atoms with Crippen molar-refractivity contribution in [1.29, 1.82) is 0 Å². The Labute approximate surface area is 187 Å². The van der Waals surface area contributed by atoms with Gasteiger partial charge in [-0.3, -0.25) is 0 Å². The summed E-state index contributed by atoms with van der Waals surface area (Å²) >= 11 is 0. The summed E-state index contributed by atoms with van der Waals surface area (Å²) in [5, 5.41) is 0. The van der Waals surface area contributed by atoms with Crippen molar-refractivity contribution in [3.63, 3.8) is 0 Å². The van der Waals surface area contributed by atoms with Crippen LogP contribution in [-0.2, 0) is 12.8 Å². The van der Waals surface area contributed by atoms with E-state index < -0.39 is 0 Å². The molecule has 1 aromatic rings. The van der Waals surface area contributed by atoms with Gasteiger partial charge in [0, 0.05) is 0 Å². The van der Waals surface area contributed by atoms with Crippen molar-refractivity contribution >= 4 is 0 Å². The van der Waals surface area contributed by atoms with E-state index in [2.05, 4.69) is 44.2 Å². The van der Waals surface area contributed by atoms with Crippen LogP contribution in [0, 0.1) is 17.8 Å². The van der Waals surface area contributed by atoms with Crippen LogP contribution < -0.4 is 0 Å². The molecule has 0 aliphatic heterocycles. The van der Waals surface area contributed by atoms with Crippen molar-refractivity contribution in [3.05, 3.63) is 47.0 Å². The minimum absolute atomic E-state index is 0.976. The summed E-state index contributed by atoms with van der Waals surface area (Å²) in [6.45, 7) is 4.63. The topological polar surface area (TPSA) is 0 Å². The van der Waals surface area contributed by atoms with E-state index in [0.29, 0.717) is 0 Å². The molecule has 0 radical (unpaired) electrons. The van der Waals surface area contributed by atoms with Gasteiger partial charge in [-0.15, -0.1) is 0 Å². The second-order valence-corrected chi connectivity index (χ2v) is 10.5. The predicted molar refractivity (Wildman–Crippen MR) is 133 cm³/mol. The molecule has 1 aromatic carbocycles. The first-order valence-electron chi connectivity index (χ1n) is 13.5. The van der Waals surface area contributed by atoms with Crippen LogP contribution in [-0.4, -0.2) is 0 Å². The Kier molecular flexibility index (Phi) is 10.5. The first-order chi connectivity index (χ1) is 14.8. The van der Waals surface area contributed by atoms with Crippen LogP contribution in [0.2, 0.25) is 0 Å². The molecule has 0 aromatic heterocycles. The molecule has 0 bridgehead atoms. The summed E-state index contributed by atoms with van der Waals surface area (Å²) in [5.41, 5.74) is 4.78. The molecule has 1 fully saturated rings. The SMILES string of the molecule is CCCCCc1ccc(CCC2=CCC(CC[C@H]3CC[C@H](CCC)CC3)CC2)cc1. The second-order valence-electron chi connectivity index (χ2n) is 10.5. The highest BCUT2D eigenvalue weighted by Gasteiger charge is 2.22. The lowest BCUT2D eigenvalue weighted by Crippen LogP contribution is -2.16. The summed E-state index contributed by atoms with van der Waals surface area (Å²) in [6, 6.07) is 9.49. The van der Waals surface area contributed by atoms with Gasteiger partial charge in [0.25, 0.3) is 0 Å². The number of benzene rings is 1. The maximum absolute atomic E-state index is 2.62. The summed E-state index contributed by atoms with van der Waals surface area (Å²) < 4.78 is 0. The number of hydrogen-bond acceptors (Lipinski definition) is 0. The van der Waals surface area contributed by atoms with E-state index in [4.69, 9.17) is 0 Å². The summed E-state index contributed by atoms with van der Waals surface area (Å²) in [4.78, 5) is 0. The number of unbranched alkanes of at least 4 members (excludes halogenated alkanes) is 2. The number of rotatable bonds is 12. The van der Waals surface area contributed by atoms with E-state index in [9.17, 15) is 0 Å². The summed E-state index contributed by atoms with van der Waals surface area (Å²) in [5.74, 6) is 3.08. The van der Waals surface area contributed by atoms with Crippen LogP contribution in [0.25, 0.3) is 0 Å². The third kappa shape index (κ3) is 8.24. The van der Waals surface area contributed by atoms with Crippen LogP contribution in [0.1, 0.15) is 121 Å². The first-order valence-corrected chi connectivity index (χ1v) is 13.5. The molecule has 1 saturated carbocycles. The highest BCUT2D eigenvalue weighted by Crippen LogP contribution is 2.36. The van der Waals surface area contributed by atoms with Crippen molar-refractivity contribution in [2.75, 3.05) is 0 Å². The number of allylic oxidation sites excluding steroid dienone is 2. The predicted octanol–water partition coefficient (Wildman–Crippen LogP) is 9.47. The molecule has 0 N–H and O–H groups in total. The number of aryl methyl sites for hydroxylation is 2. The molecule has 2 aliphatic carbocycles. The molecule has 0 amide bonds. The van der Waals surface area contributed by atoms with Crippen molar-refractivity contribution in [2.24, 2.45) is 17.8 Å². The average molecular weight is 409 g/mol. The van der Waals surface area contributed by atoms with E-state index in [1.807, 2.05) is 0 Å². The highest BCUT2D eigenvalue weighted by molar-refractivity contribution is 5.23. The molecule has 3 rings (SSSR count). The lowest BCUT2D eigenvalue weighted by atomic mass is 9.76. The second kappa shape index (κ2) is 13.4. The van der Waals surface area contributed by atoms with Gasteiger partial charge in [-0.1, -0.05) is 108 Å². The van der Waals surface area contributed by atoms with Gasteiger partial charge in [-0.25, -0.2) is 0 Å². The fourth-order valence-corrected chi connectivity index (χ4v) is 5.88. The molecule has 2 aliphatic rings.